The van der Waals surface area contributed by atoms with E-state index >= 15 is 0 Å². The molecule has 8 heteroatoms. The molecule has 0 bridgehead atoms. The summed E-state index contributed by atoms with van der Waals surface area (Å²) in [5.41, 5.74) is 2.51. The average molecular weight is 359 g/mol. The Hall–Kier alpha value is -2.74. The monoisotopic (exact) mass is 359 g/mol. The van der Waals surface area contributed by atoms with Crippen LogP contribution in [0.1, 0.15) is 28.7 Å². The lowest BCUT2D eigenvalue weighted by atomic mass is 10.2. The highest BCUT2D eigenvalue weighted by molar-refractivity contribution is 7.16. The molecule has 1 amide bonds. The minimum Gasteiger partial charge on any atom is -0.465 e. The van der Waals surface area contributed by atoms with E-state index in [2.05, 4.69) is 10.1 Å². The minimum absolute atomic E-state index is 0.0154. The lowest BCUT2D eigenvalue weighted by Crippen LogP contribution is -2.23. The van der Waals surface area contributed by atoms with Gasteiger partial charge in [0.1, 0.15) is 6.54 Å². The molecular weight excluding hydrogens is 342 g/mol. The van der Waals surface area contributed by atoms with Gasteiger partial charge in [-0.2, -0.15) is 4.99 Å². The summed E-state index contributed by atoms with van der Waals surface area (Å²) in [5, 5.41) is 3.70. The van der Waals surface area contributed by atoms with Crippen LogP contribution in [0.4, 0.5) is 0 Å². The Bertz CT molecular complexity index is 1010. The minimum atomic E-state index is -0.540. The third-order valence-electron chi connectivity index (χ3n) is 3.47. The molecule has 0 atom stereocenters. The topological polar surface area (TPSA) is 86.7 Å². The first-order valence-electron chi connectivity index (χ1n) is 7.76. The first kappa shape index (κ1) is 17.1. The van der Waals surface area contributed by atoms with Gasteiger partial charge in [-0.1, -0.05) is 22.6 Å². The number of hydrogen-bond acceptors (Lipinski definition) is 6. The average Bonchev–Trinajstić information content (AvgIpc) is 3.12. The van der Waals surface area contributed by atoms with E-state index in [1.54, 1.807) is 18.4 Å². The van der Waals surface area contributed by atoms with Crippen molar-refractivity contribution < 1.29 is 18.8 Å². The maximum Gasteiger partial charge on any atom is 0.326 e. The van der Waals surface area contributed by atoms with E-state index in [4.69, 9.17) is 9.26 Å². The van der Waals surface area contributed by atoms with Gasteiger partial charge in [-0.3, -0.25) is 9.59 Å². The van der Waals surface area contributed by atoms with Crippen LogP contribution in [-0.4, -0.2) is 28.2 Å². The fraction of sp³-hybridized carbons (Fsp3) is 0.294. The van der Waals surface area contributed by atoms with Crippen LogP contribution in [0.2, 0.25) is 0 Å². The molecule has 1 aromatic carbocycles. The van der Waals surface area contributed by atoms with E-state index in [1.807, 2.05) is 25.1 Å². The van der Waals surface area contributed by atoms with Gasteiger partial charge in [-0.05, 0) is 38.5 Å². The molecule has 25 heavy (non-hydrogen) atoms. The van der Waals surface area contributed by atoms with Crippen molar-refractivity contribution in [2.75, 3.05) is 6.61 Å². The number of fused-ring (bicyclic) bond motifs is 1. The summed E-state index contributed by atoms with van der Waals surface area (Å²) in [6.07, 6.45) is 0. The third kappa shape index (κ3) is 3.69. The molecule has 0 spiro atoms. The number of benzene rings is 1. The van der Waals surface area contributed by atoms with Crippen molar-refractivity contribution in [1.82, 2.24) is 9.72 Å². The van der Waals surface area contributed by atoms with E-state index in [9.17, 15) is 9.59 Å². The molecule has 0 unspecified atom stereocenters. The second-order valence-electron chi connectivity index (χ2n) is 5.50. The molecule has 7 nitrogen and oxygen atoms in total. The highest BCUT2D eigenvalue weighted by atomic mass is 32.1. The van der Waals surface area contributed by atoms with Crippen molar-refractivity contribution >= 4 is 33.4 Å². The second kappa shape index (κ2) is 7.02. The van der Waals surface area contributed by atoms with E-state index < -0.39 is 5.91 Å². The predicted molar refractivity (Wildman–Crippen MR) is 92.3 cm³/mol. The quantitative estimate of drug-likeness (QED) is 0.668. The highest BCUT2D eigenvalue weighted by Gasteiger charge is 2.15. The van der Waals surface area contributed by atoms with Crippen molar-refractivity contribution in [2.24, 2.45) is 4.99 Å². The molecular formula is C17H17N3O4S. The highest BCUT2D eigenvalue weighted by Crippen LogP contribution is 2.19. The molecule has 3 rings (SSSR count). The van der Waals surface area contributed by atoms with E-state index in [-0.39, 0.29) is 18.3 Å². The predicted octanol–water partition coefficient (Wildman–Crippen LogP) is 2.61. The zero-order chi connectivity index (χ0) is 18.0. The third-order valence-corrected chi connectivity index (χ3v) is 4.51. The number of ether oxygens (including phenoxy) is 1. The number of carbonyl (C=O) groups is 2. The molecule has 0 saturated heterocycles. The fourth-order valence-corrected chi connectivity index (χ4v) is 3.49. The zero-order valence-electron chi connectivity index (χ0n) is 14.1. The first-order chi connectivity index (χ1) is 12.0. The summed E-state index contributed by atoms with van der Waals surface area (Å²) in [4.78, 5) is 28.8. The van der Waals surface area contributed by atoms with Gasteiger partial charge in [0, 0.05) is 6.07 Å². The molecule has 0 saturated carbocycles. The number of rotatable bonds is 4. The number of aromatic nitrogens is 2. The molecule has 0 aliphatic carbocycles. The van der Waals surface area contributed by atoms with Gasteiger partial charge in [-0.15, -0.1) is 0 Å². The summed E-state index contributed by atoms with van der Waals surface area (Å²) >= 11 is 1.33. The maximum atomic E-state index is 12.3. The normalized spacial score (nSPS) is 11.9. The Morgan fingerprint density at radius 3 is 2.80 bits per heavy atom. The Labute approximate surface area is 147 Å². The SMILES string of the molecule is CCOC(=O)Cn1c(=NC(=O)c2cc(C)no2)sc2cc(C)ccc21. The fourth-order valence-electron chi connectivity index (χ4n) is 2.36. The van der Waals surface area contributed by atoms with Crippen LogP contribution in [0.25, 0.3) is 10.2 Å². The van der Waals surface area contributed by atoms with Crippen molar-refractivity contribution in [3.63, 3.8) is 0 Å². The molecule has 2 aromatic heterocycles. The zero-order valence-corrected chi connectivity index (χ0v) is 14.9. The number of aryl methyl sites for hydroxylation is 2. The number of amides is 1. The van der Waals surface area contributed by atoms with Crippen LogP contribution >= 0.6 is 11.3 Å². The Morgan fingerprint density at radius 1 is 1.32 bits per heavy atom. The molecule has 2 heterocycles. The van der Waals surface area contributed by atoms with Gasteiger partial charge in [0.2, 0.25) is 5.76 Å². The first-order valence-corrected chi connectivity index (χ1v) is 8.57. The molecule has 0 radical (unpaired) electrons. The van der Waals surface area contributed by atoms with Gasteiger partial charge >= 0.3 is 11.9 Å². The van der Waals surface area contributed by atoms with Crippen LogP contribution in [0.15, 0.2) is 33.8 Å². The Kier molecular flexibility index (Phi) is 4.80. The van der Waals surface area contributed by atoms with E-state index in [1.165, 1.54) is 17.4 Å². The lowest BCUT2D eigenvalue weighted by molar-refractivity contribution is -0.143. The van der Waals surface area contributed by atoms with E-state index in [0.29, 0.717) is 17.1 Å². The number of thiazole rings is 1. The maximum absolute atomic E-state index is 12.3. The van der Waals surface area contributed by atoms with Crippen LogP contribution in [0.5, 0.6) is 0 Å². The Balaban J connectivity index is 2.10. The van der Waals surface area contributed by atoms with Crippen LogP contribution in [-0.2, 0) is 16.1 Å². The largest absolute Gasteiger partial charge is 0.465 e. The van der Waals surface area contributed by atoms with Gasteiger partial charge in [0.25, 0.3) is 0 Å². The molecule has 130 valence electrons. The van der Waals surface area contributed by atoms with Crippen LogP contribution in [0.3, 0.4) is 0 Å². The number of carbonyl (C=O) groups excluding carboxylic acids is 2. The Morgan fingerprint density at radius 2 is 2.12 bits per heavy atom. The summed E-state index contributed by atoms with van der Waals surface area (Å²) in [6.45, 7) is 5.73. The molecule has 0 aliphatic rings. The summed E-state index contributed by atoms with van der Waals surface area (Å²) in [5.74, 6) is -0.859. The number of esters is 1. The summed E-state index contributed by atoms with van der Waals surface area (Å²) < 4.78 is 12.6. The molecule has 3 aromatic rings. The van der Waals surface area contributed by atoms with Crippen molar-refractivity contribution in [2.45, 2.75) is 27.3 Å². The summed E-state index contributed by atoms with van der Waals surface area (Å²) in [7, 11) is 0. The van der Waals surface area contributed by atoms with Gasteiger partial charge in [-0.25, -0.2) is 0 Å². The number of nitrogens with zero attached hydrogens (tertiary/aromatic N) is 3. The van der Waals surface area contributed by atoms with E-state index in [0.717, 1.165) is 15.8 Å². The van der Waals surface area contributed by atoms with Crippen LogP contribution < -0.4 is 4.80 Å². The van der Waals surface area contributed by atoms with Gasteiger partial charge in [0.15, 0.2) is 4.80 Å². The second-order valence-corrected chi connectivity index (χ2v) is 6.51. The van der Waals surface area contributed by atoms with Crippen molar-refractivity contribution in [3.05, 3.63) is 46.1 Å². The van der Waals surface area contributed by atoms with Gasteiger partial charge < -0.3 is 13.8 Å². The smallest absolute Gasteiger partial charge is 0.326 e. The van der Waals surface area contributed by atoms with Crippen LogP contribution in [0, 0.1) is 13.8 Å². The van der Waals surface area contributed by atoms with Gasteiger partial charge in [0.05, 0.1) is 22.5 Å². The molecule has 0 fully saturated rings. The molecule has 0 aliphatic heterocycles. The lowest BCUT2D eigenvalue weighted by Gasteiger charge is -2.05. The summed E-state index contributed by atoms with van der Waals surface area (Å²) in [6, 6.07) is 7.37. The molecule has 0 N–H and O–H groups in total. The van der Waals surface area contributed by atoms with Crippen molar-refractivity contribution in [3.8, 4) is 0 Å². The standard InChI is InChI=1S/C17H17N3O4S/c1-4-23-15(21)9-20-12-6-5-10(2)7-14(12)25-17(20)18-16(22)13-8-11(3)19-24-13/h5-8H,4,9H2,1-3H3. The van der Waals surface area contributed by atoms with Crippen molar-refractivity contribution in [1.29, 1.82) is 0 Å². The number of hydrogen-bond donors (Lipinski definition) is 0.